The fraction of sp³-hybridized carbons (Fsp3) is 0.214. The van der Waals surface area contributed by atoms with E-state index in [9.17, 15) is 4.79 Å². The van der Waals surface area contributed by atoms with Crippen molar-refractivity contribution in [2.45, 2.75) is 20.3 Å². The quantitative estimate of drug-likeness (QED) is 0.943. The van der Waals surface area contributed by atoms with E-state index < -0.39 is 5.97 Å². The minimum absolute atomic E-state index is 0.0632. The number of aromatic nitrogens is 1. The Balaban J connectivity index is 2.51. The first-order valence-corrected chi connectivity index (χ1v) is 6.44. The molecule has 0 fully saturated rings. The van der Waals surface area contributed by atoms with Gasteiger partial charge in [-0.1, -0.05) is 22.0 Å². The summed E-state index contributed by atoms with van der Waals surface area (Å²) >= 11 is 3.45. The molecule has 1 aromatic carbocycles. The molecular weight excluding hydrogens is 294 g/mol. The van der Waals surface area contributed by atoms with Crippen LogP contribution in [-0.2, 0) is 11.2 Å². The van der Waals surface area contributed by atoms with Crippen LogP contribution in [0.25, 0.3) is 5.69 Å². The lowest BCUT2D eigenvalue weighted by Gasteiger charge is -2.10. The summed E-state index contributed by atoms with van der Waals surface area (Å²) < 4.78 is 3.08. The van der Waals surface area contributed by atoms with E-state index in [0.29, 0.717) is 0 Å². The normalized spacial score (nSPS) is 10.6. The first-order chi connectivity index (χ1) is 8.49. The lowest BCUT2D eigenvalue weighted by molar-refractivity contribution is -0.136. The standard InChI is InChI=1S/C14H14BrNO2/c1-9-6-11(7-14(17)18)10(2)16(9)13-5-3-4-12(15)8-13/h3-6,8H,7H2,1-2H3,(H,17,18). The van der Waals surface area contributed by atoms with E-state index in [0.717, 1.165) is 27.1 Å². The Hall–Kier alpha value is -1.55. The highest BCUT2D eigenvalue weighted by molar-refractivity contribution is 9.10. The van der Waals surface area contributed by atoms with Gasteiger partial charge in [0, 0.05) is 21.5 Å². The molecule has 3 nitrogen and oxygen atoms in total. The summed E-state index contributed by atoms with van der Waals surface area (Å²) in [7, 11) is 0. The molecule has 0 aliphatic heterocycles. The maximum absolute atomic E-state index is 10.8. The first-order valence-electron chi connectivity index (χ1n) is 5.64. The SMILES string of the molecule is Cc1cc(CC(=O)O)c(C)n1-c1cccc(Br)c1. The number of carboxylic acid groups (broad SMARTS) is 1. The second-order valence-electron chi connectivity index (χ2n) is 4.28. The zero-order valence-corrected chi connectivity index (χ0v) is 11.9. The van der Waals surface area contributed by atoms with E-state index in [2.05, 4.69) is 20.5 Å². The van der Waals surface area contributed by atoms with Crippen LogP contribution in [0.1, 0.15) is 17.0 Å². The van der Waals surface area contributed by atoms with Gasteiger partial charge in [0.25, 0.3) is 0 Å². The fourth-order valence-corrected chi connectivity index (χ4v) is 2.57. The molecule has 0 saturated carbocycles. The van der Waals surface area contributed by atoms with Crippen LogP contribution in [0.15, 0.2) is 34.8 Å². The highest BCUT2D eigenvalue weighted by Crippen LogP contribution is 2.23. The summed E-state index contributed by atoms with van der Waals surface area (Å²) in [5.41, 5.74) is 3.92. The Morgan fingerprint density at radius 3 is 2.67 bits per heavy atom. The van der Waals surface area contributed by atoms with Crippen molar-refractivity contribution in [1.82, 2.24) is 4.57 Å². The molecule has 0 amide bonds. The van der Waals surface area contributed by atoms with Gasteiger partial charge in [-0.05, 0) is 43.7 Å². The summed E-state index contributed by atoms with van der Waals surface area (Å²) in [6.45, 7) is 3.94. The first kappa shape index (κ1) is 12.9. The Morgan fingerprint density at radius 2 is 2.06 bits per heavy atom. The Labute approximate surface area is 114 Å². The van der Waals surface area contributed by atoms with Crippen molar-refractivity contribution in [3.8, 4) is 5.69 Å². The molecule has 1 N–H and O–H groups in total. The summed E-state index contributed by atoms with van der Waals surface area (Å²) in [5, 5.41) is 8.89. The van der Waals surface area contributed by atoms with E-state index in [4.69, 9.17) is 5.11 Å². The number of nitrogens with zero attached hydrogens (tertiary/aromatic N) is 1. The maximum Gasteiger partial charge on any atom is 0.307 e. The molecule has 0 atom stereocenters. The van der Waals surface area contributed by atoms with Crippen molar-refractivity contribution in [2.75, 3.05) is 0 Å². The van der Waals surface area contributed by atoms with Crippen molar-refractivity contribution in [1.29, 1.82) is 0 Å². The van der Waals surface area contributed by atoms with Gasteiger partial charge in [-0.15, -0.1) is 0 Å². The second-order valence-corrected chi connectivity index (χ2v) is 5.20. The number of aryl methyl sites for hydroxylation is 1. The van der Waals surface area contributed by atoms with Crippen LogP contribution in [0, 0.1) is 13.8 Å². The molecule has 18 heavy (non-hydrogen) atoms. The number of aliphatic carboxylic acids is 1. The van der Waals surface area contributed by atoms with Crippen LogP contribution < -0.4 is 0 Å². The highest BCUT2D eigenvalue weighted by Gasteiger charge is 2.12. The Morgan fingerprint density at radius 1 is 1.33 bits per heavy atom. The molecule has 0 aliphatic carbocycles. The number of hydrogen-bond acceptors (Lipinski definition) is 1. The van der Waals surface area contributed by atoms with E-state index >= 15 is 0 Å². The molecule has 94 valence electrons. The van der Waals surface area contributed by atoms with E-state index in [1.165, 1.54) is 0 Å². The van der Waals surface area contributed by atoms with Gasteiger partial charge in [-0.3, -0.25) is 4.79 Å². The molecule has 2 aromatic rings. The zero-order chi connectivity index (χ0) is 13.3. The smallest absolute Gasteiger partial charge is 0.307 e. The van der Waals surface area contributed by atoms with Gasteiger partial charge in [0.05, 0.1) is 6.42 Å². The molecule has 4 heteroatoms. The van der Waals surface area contributed by atoms with Crippen molar-refractivity contribution < 1.29 is 9.90 Å². The van der Waals surface area contributed by atoms with Gasteiger partial charge in [0.2, 0.25) is 0 Å². The number of rotatable bonds is 3. The third-order valence-corrected chi connectivity index (χ3v) is 3.44. The molecule has 0 saturated heterocycles. The monoisotopic (exact) mass is 307 g/mol. The molecule has 1 aromatic heterocycles. The topological polar surface area (TPSA) is 42.2 Å². The predicted octanol–water partition coefficient (Wildman–Crippen LogP) is 3.48. The number of hydrogen-bond donors (Lipinski definition) is 1. The van der Waals surface area contributed by atoms with Crippen molar-refractivity contribution in [2.24, 2.45) is 0 Å². The van der Waals surface area contributed by atoms with Crippen molar-refractivity contribution >= 4 is 21.9 Å². The third-order valence-electron chi connectivity index (χ3n) is 2.94. The lowest BCUT2D eigenvalue weighted by atomic mass is 10.2. The van der Waals surface area contributed by atoms with Crippen LogP contribution in [0.5, 0.6) is 0 Å². The van der Waals surface area contributed by atoms with Crippen LogP contribution in [0.3, 0.4) is 0 Å². The van der Waals surface area contributed by atoms with Crippen molar-refractivity contribution in [3.63, 3.8) is 0 Å². The van der Waals surface area contributed by atoms with Gasteiger partial charge < -0.3 is 9.67 Å². The molecule has 0 aliphatic rings. The molecule has 1 heterocycles. The lowest BCUT2D eigenvalue weighted by Crippen LogP contribution is -2.03. The van der Waals surface area contributed by atoms with Gasteiger partial charge in [-0.25, -0.2) is 0 Å². The van der Waals surface area contributed by atoms with Crippen molar-refractivity contribution in [3.05, 3.63) is 51.8 Å². The van der Waals surface area contributed by atoms with Crippen LogP contribution in [0.2, 0.25) is 0 Å². The minimum atomic E-state index is -0.801. The average Bonchev–Trinajstić information content (AvgIpc) is 2.53. The zero-order valence-electron chi connectivity index (χ0n) is 10.3. The Kier molecular flexibility index (Phi) is 3.57. The molecular formula is C14H14BrNO2. The predicted molar refractivity (Wildman–Crippen MR) is 74.3 cm³/mol. The van der Waals surface area contributed by atoms with Gasteiger partial charge in [0.1, 0.15) is 0 Å². The third kappa shape index (κ3) is 2.48. The van der Waals surface area contributed by atoms with E-state index in [1.54, 1.807) is 0 Å². The summed E-state index contributed by atoms with van der Waals surface area (Å²) in [6, 6.07) is 9.90. The van der Waals surface area contributed by atoms with Crippen LogP contribution >= 0.6 is 15.9 Å². The number of benzene rings is 1. The summed E-state index contributed by atoms with van der Waals surface area (Å²) in [4.78, 5) is 10.8. The summed E-state index contributed by atoms with van der Waals surface area (Å²) in [6.07, 6.45) is 0.0632. The van der Waals surface area contributed by atoms with Crippen LogP contribution in [-0.4, -0.2) is 15.6 Å². The number of halogens is 1. The largest absolute Gasteiger partial charge is 0.481 e. The fourth-order valence-electron chi connectivity index (χ4n) is 2.18. The van der Waals surface area contributed by atoms with Gasteiger partial charge in [-0.2, -0.15) is 0 Å². The molecule has 0 radical (unpaired) electrons. The van der Waals surface area contributed by atoms with Gasteiger partial charge >= 0.3 is 5.97 Å². The molecule has 0 bridgehead atoms. The van der Waals surface area contributed by atoms with E-state index in [1.807, 2.05) is 44.2 Å². The summed E-state index contributed by atoms with van der Waals surface area (Å²) in [5.74, 6) is -0.801. The molecule has 2 rings (SSSR count). The molecule has 0 unspecified atom stereocenters. The van der Waals surface area contributed by atoms with Crippen LogP contribution in [0.4, 0.5) is 0 Å². The number of carbonyl (C=O) groups is 1. The highest BCUT2D eigenvalue weighted by atomic mass is 79.9. The molecule has 0 spiro atoms. The second kappa shape index (κ2) is 4.98. The van der Waals surface area contributed by atoms with E-state index in [-0.39, 0.29) is 6.42 Å². The van der Waals surface area contributed by atoms with Gasteiger partial charge in [0.15, 0.2) is 0 Å². The number of carboxylic acids is 1. The Bertz CT molecular complexity index is 602. The average molecular weight is 308 g/mol. The maximum atomic E-state index is 10.8. The minimum Gasteiger partial charge on any atom is -0.481 e.